The molecule has 1 aliphatic rings. The van der Waals surface area contributed by atoms with E-state index in [0.29, 0.717) is 13.2 Å². The van der Waals surface area contributed by atoms with Crippen LogP contribution in [0.2, 0.25) is 0 Å². The number of likely N-dealkylation sites (N-methyl/N-ethyl adjacent to an activating group) is 1. The van der Waals surface area contributed by atoms with Crippen molar-refractivity contribution >= 4 is 0 Å². The summed E-state index contributed by atoms with van der Waals surface area (Å²) in [4.78, 5) is 2.39. The third-order valence-corrected chi connectivity index (χ3v) is 3.81. The fraction of sp³-hybridized carbons (Fsp3) is 1.00. The third kappa shape index (κ3) is 3.72. The number of ether oxygens (including phenoxy) is 1. The van der Waals surface area contributed by atoms with E-state index in [1.54, 1.807) is 0 Å². The van der Waals surface area contributed by atoms with Crippen LogP contribution in [0, 0.1) is 5.92 Å². The lowest BCUT2D eigenvalue weighted by Gasteiger charge is -2.38. The Morgan fingerprint density at radius 2 is 2.00 bits per heavy atom. The van der Waals surface area contributed by atoms with Gasteiger partial charge in [0.15, 0.2) is 0 Å². The molecule has 0 aromatic heterocycles. The normalized spacial score (nSPS) is 26.6. The van der Waals surface area contributed by atoms with Crippen LogP contribution in [0.15, 0.2) is 0 Å². The maximum absolute atomic E-state index is 10.0. The lowest BCUT2D eigenvalue weighted by Crippen LogP contribution is -2.51. The molecular weight excluding hydrogens is 202 g/mol. The summed E-state index contributed by atoms with van der Waals surface area (Å²) >= 11 is 0. The summed E-state index contributed by atoms with van der Waals surface area (Å²) in [5.41, 5.74) is 0. The van der Waals surface area contributed by atoms with Gasteiger partial charge in [-0.3, -0.25) is 4.90 Å². The molecule has 2 unspecified atom stereocenters. The molecule has 0 aromatic carbocycles. The van der Waals surface area contributed by atoms with Gasteiger partial charge >= 0.3 is 0 Å². The Bertz CT molecular complexity index is 183. The van der Waals surface area contributed by atoms with Crippen LogP contribution in [-0.4, -0.2) is 48.5 Å². The number of hydrogen-bond donors (Lipinski definition) is 1. The molecule has 3 nitrogen and oxygen atoms in total. The molecule has 0 bridgehead atoms. The van der Waals surface area contributed by atoms with Gasteiger partial charge in [0.1, 0.15) is 0 Å². The minimum atomic E-state index is -0.205. The molecule has 1 heterocycles. The first-order valence-corrected chi connectivity index (χ1v) is 6.72. The predicted octanol–water partition coefficient (Wildman–Crippen LogP) is 1.89. The van der Waals surface area contributed by atoms with E-state index in [0.717, 1.165) is 25.4 Å². The van der Waals surface area contributed by atoms with Gasteiger partial charge in [0.05, 0.1) is 18.8 Å². The zero-order valence-electron chi connectivity index (χ0n) is 11.0. The van der Waals surface area contributed by atoms with E-state index in [-0.39, 0.29) is 12.1 Å². The molecule has 1 saturated heterocycles. The molecule has 1 fully saturated rings. The highest BCUT2D eigenvalue weighted by atomic mass is 16.5. The second-order valence-electron chi connectivity index (χ2n) is 4.77. The van der Waals surface area contributed by atoms with Gasteiger partial charge in [-0.15, -0.1) is 0 Å². The van der Waals surface area contributed by atoms with Gasteiger partial charge in [0.2, 0.25) is 0 Å². The first-order valence-electron chi connectivity index (χ1n) is 6.72. The van der Waals surface area contributed by atoms with Crippen molar-refractivity contribution < 1.29 is 9.84 Å². The van der Waals surface area contributed by atoms with Gasteiger partial charge < -0.3 is 9.84 Å². The predicted molar refractivity (Wildman–Crippen MR) is 66.5 cm³/mol. The van der Waals surface area contributed by atoms with E-state index in [1.165, 1.54) is 12.8 Å². The first-order chi connectivity index (χ1) is 7.72. The molecule has 0 spiro atoms. The molecule has 0 radical (unpaired) electrons. The van der Waals surface area contributed by atoms with Crippen molar-refractivity contribution in [3.8, 4) is 0 Å². The van der Waals surface area contributed by atoms with E-state index in [9.17, 15) is 5.11 Å². The Kier molecular flexibility index (Phi) is 6.32. The largest absolute Gasteiger partial charge is 0.391 e. The van der Waals surface area contributed by atoms with E-state index in [1.807, 2.05) is 0 Å². The molecule has 16 heavy (non-hydrogen) atoms. The number of aliphatic hydroxyl groups excluding tert-OH is 1. The van der Waals surface area contributed by atoms with Gasteiger partial charge in [0, 0.05) is 13.2 Å². The maximum atomic E-state index is 10.0. The summed E-state index contributed by atoms with van der Waals surface area (Å²) in [5, 5.41) is 10.0. The van der Waals surface area contributed by atoms with Crippen LogP contribution >= 0.6 is 0 Å². The molecule has 3 heteroatoms. The summed E-state index contributed by atoms with van der Waals surface area (Å²) in [5.74, 6) is 0.745. The zero-order chi connectivity index (χ0) is 12.0. The van der Waals surface area contributed by atoms with Crippen LogP contribution in [0.4, 0.5) is 0 Å². The van der Waals surface area contributed by atoms with Gasteiger partial charge in [-0.05, 0) is 18.9 Å². The SMILES string of the molecule is CCC(CC)CN(CC)C1COCCC1O. The molecular formula is C13H27NO2. The van der Waals surface area contributed by atoms with Crippen LogP contribution in [0.5, 0.6) is 0 Å². The quantitative estimate of drug-likeness (QED) is 0.755. The molecule has 1 N–H and O–H groups in total. The van der Waals surface area contributed by atoms with Crippen molar-refractivity contribution in [3.05, 3.63) is 0 Å². The highest BCUT2D eigenvalue weighted by molar-refractivity contribution is 4.82. The van der Waals surface area contributed by atoms with Crippen LogP contribution < -0.4 is 0 Å². The van der Waals surface area contributed by atoms with Gasteiger partial charge in [-0.2, -0.15) is 0 Å². The molecule has 0 saturated carbocycles. The number of rotatable bonds is 6. The zero-order valence-corrected chi connectivity index (χ0v) is 11.0. The average Bonchev–Trinajstić information content (AvgIpc) is 2.32. The van der Waals surface area contributed by atoms with Gasteiger partial charge in [0.25, 0.3) is 0 Å². The van der Waals surface area contributed by atoms with Crippen molar-refractivity contribution in [2.75, 3.05) is 26.3 Å². The smallest absolute Gasteiger partial charge is 0.0739 e. The van der Waals surface area contributed by atoms with Crippen LogP contribution in [0.3, 0.4) is 0 Å². The Balaban J connectivity index is 2.51. The second kappa shape index (κ2) is 7.25. The molecule has 1 rings (SSSR count). The lowest BCUT2D eigenvalue weighted by atomic mass is 9.99. The highest BCUT2D eigenvalue weighted by Gasteiger charge is 2.29. The van der Waals surface area contributed by atoms with Crippen molar-refractivity contribution in [2.24, 2.45) is 5.92 Å². The first kappa shape index (κ1) is 13.9. The van der Waals surface area contributed by atoms with Crippen LogP contribution in [0.1, 0.15) is 40.0 Å². The van der Waals surface area contributed by atoms with Crippen LogP contribution in [0.25, 0.3) is 0 Å². The van der Waals surface area contributed by atoms with Crippen molar-refractivity contribution in [1.82, 2.24) is 4.90 Å². The van der Waals surface area contributed by atoms with Crippen molar-refractivity contribution in [3.63, 3.8) is 0 Å². The number of nitrogens with zero attached hydrogens (tertiary/aromatic N) is 1. The fourth-order valence-corrected chi connectivity index (χ4v) is 2.44. The molecule has 0 aromatic rings. The fourth-order valence-electron chi connectivity index (χ4n) is 2.44. The maximum Gasteiger partial charge on any atom is 0.0739 e. The monoisotopic (exact) mass is 229 g/mol. The molecule has 0 amide bonds. The minimum Gasteiger partial charge on any atom is -0.391 e. The van der Waals surface area contributed by atoms with E-state index >= 15 is 0 Å². The second-order valence-corrected chi connectivity index (χ2v) is 4.77. The topological polar surface area (TPSA) is 32.7 Å². The number of hydrogen-bond acceptors (Lipinski definition) is 3. The van der Waals surface area contributed by atoms with Gasteiger partial charge in [-0.1, -0.05) is 33.6 Å². The summed E-state index contributed by atoms with van der Waals surface area (Å²) in [6.45, 7) is 10.2. The van der Waals surface area contributed by atoms with Crippen molar-refractivity contribution in [2.45, 2.75) is 52.2 Å². The Hall–Kier alpha value is -0.120. The van der Waals surface area contributed by atoms with Crippen molar-refractivity contribution in [1.29, 1.82) is 0 Å². The minimum absolute atomic E-state index is 0.205. The standard InChI is InChI=1S/C13H27NO2/c1-4-11(5-2)9-14(6-3)12-10-16-8-7-13(12)15/h11-13,15H,4-10H2,1-3H3. The van der Waals surface area contributed by atoms with E-state index in [2.05, 4.69) is 25.7 Å². The highest BCUT2D eigenvalue weighted by Crippen LogP contribution is 2.18. The Labute approximate surface area is 99.8 Å². The molecule has 96 valence electrons. The van der Waals surface area contributed by atoms with Gasteiger partial charge in [-0.25, -0.2) is 0 Å². The Morgan fingerprint density at radius 3 is 2.50 bits per heavy atom. The van der Waals surface area contributed by atoms with E-state index < -0.39 is 0 Å². The lowest BCUT2D eigenvalue weighted by molar-refractivity contribution is -0.0637. The Morgan fingerprint density at radius 1 is 1.31 bits per heavy atom. The van der Waals surface area contributed by atoms with E-state index in [4.69, 9.17) is 4.74 Å². The summed E-state index contributed by atoms with van der Waals surface area (Å²) in [7, 11) is 0. The third-order valence-electron chi connectivity index (χ3n) is 3.81. The summed E-state index contributed by atoms with van der Waals surface area (Å²) < 4.78 is 5.48. The average molecular weight is 229 g/mol. The summed E-state index contributed by atoms with van der Waals surface area (Å²) in [6.07, 6.45) is 3.01. The molecule has 1 aliphatic heterocycles. The molecule has 0 aliphatic carbocycles. The molecule has 2 atom stereocenters. The summed E-state index contributed by atoms with van der Waals surface area (Å²) in [6, 6.07) is 0.208. The number of aliphatic hydroxyl groups is 1. The van der Waals surface area contributed by atoms with Crippen LogP contribution in [-0.2, 0) is 4.74 Å².